The van der Waals surface area contributed by atoms with Gasteiger partial charge in [-0.15, -0.1) is 0 Å². The second-order valence-corrected chi connectivity index (χ2v) is 4.89. The molecule has 1 aromatic rings. The summed E-state index contributed by atoms with van der Waals surface area (Å²) in [5.74, 6) is 0.755. The van der Waals surface area contributed by atoms with Crippen molar-refractivity contribution in [2.45, 2.75) is 38.6 Å². The van der Waals surface area contributed by atoms with Gasteiger partial charge in [-0.25, -0.2) is 0 Å². The summed E-state index contributed by atoms with van der Waals surface area (Å²) in [6.07, 6.45) is 5.31. The standard InChI is InChI=1S/C14H19N3/c1-10(12-4-2-3-5-12)17-14-7-6-11(9-15)8-13(14)16/h6-8,10,12,17H,2-5,16H2,1H3. The van der Waals surface area contributed by atoms with Crippen LogP contribution in [-0.2, 0) is 0 Å². The number of hydrogen-bond acceptors (Lipinski definition) is 3. The molecule has 3 nitrogen and oxygen atoms in total. The van der Waals surface area contributed by atoms with Gasteiger partial charge in [0.25, 0.3) is 0 Å². The summed E-state index contributed by atoms with van der Waals surface area (Å²) in [6, 6.07) is 7.98. The molecular formula is C14H19N3. The summed E-state index contributed by atoms with van der Waals surface area (Å²) in [5.41, 5.74) is 8.15. The molecule has 0 spiro atoms. The molecule has 0 saturated heterocycles. The Bertz CT molecular complexity index is 428. The van der Waals surface area contributed by atoms with Crippen LogP contribution < -0.4 is 11.1 Å². The fraction of sp³-hybridized carbons (Fsp3) is 0.500. The van der Waals surface area contributed by atoms with Crippen LogP contribution in [0.25, 0.3) is 0 Å². The van der Waals surface area contributed by atoms with Crippen LogP contribution in [0.5, 0.6) is 0 Å². The maximum Gasteiger partial charge on any atom is 0.0992 e. The summed E-state index contributed by atoms with van der Waals surface area (Å²) in [4.78, 5) is 0. The number of nitriles is 1. The van der Waals surface area contributed by atoms with Crippen molar-refractivity contribution in [2.24, 2.45) is 5.92 Å². The predicted molar refractivity (Wildman–Crippen MR) is 70.6 cm³/mol. The number of nitrogen functional groups attached to an aromatic ring is 1. The van der Waals surface area contributed by atoms with Crippen LogP contribution in [0, 0.1) is 17.2 Å². The van der Waals surface area contributed by atoms with Crippen LogP contribution in [0.1, 0.15) is 38.2 Å². The van der Waals surface area contributed by atoms with Gasteiger partial charge in [-0.1, -0.05) is 12.8 Å². The number of nitrogens with two attached hydrogens (primary N) is 1. The second-order valence-electron chi connectivity index (χ2n) is 4.89. The van der Waals surface area contributed by atoms with Crippen molar-refractivity contribution in [1.82, 2.24) is 0 Å². The van der Waals surface area contributed by atoms with Crippen LogP contribution in [0.4, 0.5) is 11.4 Å². The predicted octanol–water partition coefficient (Wildman–Crippen LogP) is 3.13. The number of benzene rings is 1. The van der Waals surface area contributed by atoms with E-state index >= 15 is 0 Å². The van der Waals surface area contributed by atoms with E-state index in [2.05, 4.69) is 18.3 Å². The summed E-state index contributed by atoms with van der Waals surface area (Å²) < 4.78 is 0. The van der Waals surface area contributed by atoms with Crippen molar-refractivity contribution in [1.29, 1.82) is 5.26 Å². The average Bonchev–Trinajstić information content (AvgIpc) is 2.85. The molecule has 0 amide bonds. The fourth-order valence-corrected chi connectivity index (χ4v) is 2.58. The minimum Gasteiger partial charge on any atom is -0.397 e. The lowest BCUT2D eigenvalue weighted by Gasteiger charge is -2.22. The van der Waals surface area contributed by atoms with Gasteiger partial charge in [0, 0.05) is 6.04 Å². The normalized spacial score (nSPS) is 17.6. The molecule has 3 N–H and O–H groups in total. The third kappa shape index (κ3) is 2.71. The van der Waals surface area contributed by atoms with Crippen LogP contribution in [0.15, 0.2) is 18.2 Å². The van der Waals surface area contributed by atoms with Gasteiger partial charge in [-0.05, 0) is 43.9 Å². The summed E-state index contributed by atoms with van der Waals surface area (Å²) in [6.45, 7) is 2.22. The van der Waals surface area contributed by atoms with E-state index in [9.17, 15) is 0 Å². The van der Waals surface area contributed by atoms with Gasteiger partial charge in [0.1, 0.15) is 0 Å². The molecule has 1 unspecified atom stereocenters. The van der Waals surface area contributed by atoms with Crippen molar-refractivity contribution < 1.29 is 0 Å². The molecule has 1 aromatic carbocycles. The SMILES string of the molecule is CC(Nc1ccc(C#N)cc1N)C1CCCC1. The minimum absolute atomic E-state index is 0.452. The first kappa shape index (κ1) is 11.8. The van der Waals surface area contributed by atoms with E-state index in [1.807, 2.05) is 6.07 Å². The average molecular weight is 229 g/mol. The monoisotopic (exact) mass is 229 g/mol. The van der Waals surface area contributed by atoms with Gasteiger partial charge in [0.05, 0.1) is 23.0 Å². The van der Waals surface area contributed by atoms with Crippen molar-refractivity contribution in [3.8, 4) is 6.07 Å². The zero-order valence-corrected chi connectivity index (χ0v) is 10.2. The van der Waals surface area contributed by atoms with E-state index in [1.165, 1.54) is 25.7 Å². The Hall–Kier alpha value is -1.69. The van der Waals surface area contributed by atoms with E-state index < -0.39 is 0 Å². The third-order valence-electron chi connectivity index (χ3n) is 3.67. The number of rotatable bonds is 3. The Morgan fingerprint density at radius 1 is 1.41 bits per heavy atom. The van der Waals surface area contributed by atoms with Crippen LogP contribution in [0.2, 0.25) is 0 Å². The Balaban J connectivity index is 2.05. The molecule has 0 aromatic heterocycles. The molecule has 1 saturated carbocycles. The molecule has 1 aliphatic carbocycles. The first-order valence-electron chi connectivity index (χ1n) is 6.27. The van der Waals surface area contributed by atoms with Crippen molar-refractivity contribution in [3.05, 3.63) is 23.8 Å². The fourth-order valence-electron chi connectivity index (χ4n) is 2.58. The van der Waals surface area contributed by atoms with E-state index in [0.717, 1.165) is 11.6 Å². The van der Waals surface area contributed by atoms with Crippen molar-refractivity contribution >= 4 is 11.4 Å². The molecule has 90 valence electrons. The molecule has 1 aliphatic rings. The third-order valence-corrected chi connectivity index (χ3v) is 3.67. The quantitative estimate of drug-likeness (QED) is 0.783. The molecule has 0 bridgehead atoms. The van der Waals surface area contributed by atoms with Crippen LogP contribution in [-0.4, -0.2) is 6.04 Å². The van der Waals surface area contributed by atoms with Gasteiger partial charge >= 0.3 is 0 Å². The highest BCUT2D eigenvalue weighted by Gasteiger charge is 2.21. The second kappa shape index (κ2) is 5.09. The Kier molecular flexibility index (Phi) is 3.53. The molecule has 0 aliphatic heterocycles. The highest BCUT2D eigenvalue weighted by atomic mass is 14.9. The first-order chi connectivity index (χ1) is 8.20. The lowest BCUT2D eigenvalue weighted by molar-refractivity contribution is 0.482. The Labute approximate surface area is 103 Å². The molecule has 1 atom stereocenters. The summed E-state index contributed by atoms with van der Waals surface area (Å²) >= 11 is 0. The van der Waals surface area contributed by atoms with E-state index in [1.54, 1.807) is 12.1 Å². The topological polar surface area (TPSA) is 61.8 Å². The lowest BCUT2D eigenvalue weighted by atomic mass is 9.99. The molecule has 0 radical (unpaired) electrons. The minimum atomic E-state index is 0.452. The smallest absolute Gasteiger partial charge is 0.0992 e. The van der Waals surface area contributed by atoms with Crippen LogP contribution >= 0.6 is 0 Å². The highest BCUT2D eigenvalue weighted by Crippen LogP contribution is 2.30. The first-order valence-corrected chi connectivity index (χ1v) is 6.27. The maximum absolute atomic E-state index is 8.78. The number of anilines is 2. The van der Waals surface area contributed by atoms with Crippen molar-refractivity contribution in [3.63, 3.8) is 0 Å². The number of nitrogens with zero attached hydrogens (tertiary/aromatic N) is 1. The van der Waals surface area contributed by atoms with Crippen LogP contribution in [0.3, 0.4) is 0 Å². The molecular weight excluding hydrogens is 210 g/mol. The van der Waals surface area contributed by atoms with Gasteiger partial charge in [-0.2, -0.15) is 5.26 Å². The number of nitrogens with one attached hydrogen (secondary N) is 1. The summed E-state index contributed by atoms with van der Waals surface area (Å²) in [5, 5.41) is 12.3. The summed E-state index contributed by atoms with van der Waals surface area (Å²) in [7, 11) is 0. The molecule has 0 heterocycles. The van der Waals surface area contributed by atoms with Gasteiger partial charge in [0.15, 0.2) is 0 Å². The maximum atomic E-state index is 8.78. The van der Waals surface area contributed by atoms with Crippen molar-refractivity contribution in [2.75, 3.05) is 11.1 Å². The van der Waals surface area contributed by atoms with E-state index in [4.69, 9.17) is 11.0 Å². The highest BCUT2D eigenvalue weighted by molar-refractivity contribution is 5.68. The largest absolute Gasteiger partial charge is 0.397 e. The molecule has 2 rings (SSSR count). The van der Waals surface area contributed by atoms with E-state index in [-0.39, 0.29) is 0 Å². The van der Waals surface area contributed by atoms with Gasteiger partial charge in [-0.3, -0.25) is 0 Å². The Morgan fingerprint density at radius 2 is 2.12 bits per heavy atom. The van der Waals surface area contributed by atoms with Gasteiger partial charge in [0.2, 0.25) is 0 Å². The zero-order valence-electron chi connectivity index (χ0n) is 10.2. The molecule has 3 heteroatoms. The Morgan fingerprint density at radius 3 is 2.71 bits per heavy atom. The van der Waals surface area contributed by atoms with Gasteiger partial charge < -0.3 is 11.1 Å². The number of hydrogen-bond donors (Lipinski definition) is 2. The molecule has 17 heavy (non-hydrogen) atoms. The zero-order chi connectivity index (χ0) is 12.3. The lowest BCUT2D eigenvalue weighted by Crippen LogP contribution is -2.24. The molecule has 1 fully saturated rings. The van der Waals surface area contributed by atoms with E-state index in [0.29, 0.717) is 17.3 Å².